The molecule has 2 aromatic heterocycles. The van der Waals surface area contributed by atoms with Crippen LogP contribution in [-0.2, 0) is 6.54 Å². The molecule has 2 heterocycles. The number of anilines is 3. The van der Waals surface area contributed by atoms with Crippen molar-refractivity contribution in [2.75, 3.05) is 35.7 Å². The molecule has 0 aliphatic heterocycles. The van der Waals surface area contributed by atoms with Gasteiger partial charge in [-0.1, -0.05) is 0 Å². The second-order valence-corrected chi connectivity index (χ2v) is 4.19. The lowest BCUT2D eigenvalue weighted by molar-refractivity contribution is 0.564. The summed E-state index contributed by atoms with van der Waals surface area (Å²) in [6.45, 7) is 6.47. The monoisotopic (exact) mass is 276 g/mol. The van der Waals surface area contributed by atoms with E-state index < -0.39 is 0 Å². The van der Waals surface area contributed by atoms with Gasteiger partial charge in [-0.3, -0.25) is 0 Å². The van der Waals surface area contributed by atoms with Crippen molar-refractivity contribution < 1.29 is 4.42 Å². The lowest BCUT2D eigenvalue weighted by atomic mass is 10.3. The molecular weight excluding hydrogens is 256 g/mol. The molecule has 0 amide bonds. The first-order valence-corrected chi connectivity index (χ1v) is 6.70. The van der Waals surface area contributed by atoms with Crippen molar-refractivity contribution in [2.24, 2.45) is 0 Å². The first kappa shape index (κ1) is 14.1. The number of nitrogens with one attached hydrogen (secondary N) is 2. The van der Waals surface area contributed by atoms with Gasteiger partial charge in [0.05, 0.1) is 12.5 Å². The number of hydrogen-bond acceptors (Lipinski definition) is 7. The molecule has 0 radical (unpaired) electrons. The minimum atomic E-state index is 0.549. The standard InChI is InChI=1S/C13H20N6O/c1-4-19(5-2)13-17-11(14-3)16-12(18-13)15-8-10-6-7-20-9-10/h6-7,9H,4-5,8H2,1-3H3,(H2,14,15,16,17,18). The molecule has 2 N–H and O–H groups in total. The molecule has 0 saturated carbocycles. The third kappa shape index (κ3) is 3.37. The van der Waals surface area contributed by atoms with Gasteiger partial charge in [-0.15, -0.1) is 0 Å². The summed E-state index contributed by atoms with van der Waals surface area (Å²) in [5, 5.41) is 6.13. The summed E-state index contributed by atoms with van der Waals surface area (Å²) in [6.07, 6.45) is 3.34. The summed E-state index contributed by atoms with van der Waals surface area (Å²) >= 11 is 0. The average molecular weight is 276 g/mol. The van der Waals surface area contributed by atoms with Gasteiger partial charge in [-0.25, -0.2) is 0 Å². The summed E-state index contributed by atoms with van der Waals surface area (Å²) in [6, 6.07) is 1.90. The Bertz CT molecular complexity index is 524. The molecule has 7 heteroatoms. The van der Waals surface area contributed by atoms with E-state index in [2.05, 4.69) is 44.3 Å². The fraction of sp³-hybridized carbons (Fsp3) is 0.462. The second-order valence-electron chi connectivity index (χ2n) is 4.19. The molecule has 0 atom stereocenters. The van der Waals surface area contributed by atoms with E-state index in [9.17, 15) is 0 Å². The van der Waals surface area contributed by atoms with Crippen LogP contribution in [0.5, 0.6) is 0 Å². The van der Waals surface area contributed by atoms with E-state index in [4.69, 9.17) is 4.42 Å². The maximum Gasteiger partial charge on any atom is 0.231 e. The Morgan fingerprint density at radius 3 is 2.50 bits per heavy atom. The number of furan rings is 1. The fourth-order valence-corrected chi connectivity index (χ4v) is 1.78. The topological polar surface area (TPSA) is 79.1 Å². The van der Waals surface area contributed by atoms with Crippen LogP contribution in [0.15, 0.2) is 23.0 Å². The Kier molecular flexibility index (Phi) is 4.75. The molecule has 108 valence electrons. The van der Waals surface area contributed by atoms with Gasteiger partial charge in [0, 0.05) is 32.2 Å². The highest BCUT2D eigenvalue weighted by atomic mass is 16.3. The number of rotatable bonds is 7. The Morgan fingerprint density at radius 1 is 1.15 bits per heavy atom. The van der Waals surface area contributed by atoms with Crippen LogP contribution in [0.1, 0.15) is 19.4 Å². The average Bonchev–Trinajstić information content (AvgIpc) is 2.99. The van der Waals surface area contributed by atoms with Gasteiger partial charge in [-0.05, 0) is 19.9 Å². The van der Waals surface area contributed by atoms with Gasteiger partial charge in [0.15, 0.2) is 0 Å². The van der Waals surface area contributed by atoms with Crippen molar-refractivity contribution in [2.45, 2.75) is 20.4 Å². The van der Waals surface area contributed by atoms with E-state index in [0.717, 1.165) is 18.7 Å². The Balaban J connectivity index is 2.16. The molecular formula is C13H20N6O. The largest absolute Gasteiger partial charge is 0.472 e. The van der Waals surface area contributed by atoms with Crippen LogP contribution in [-0.4, -0.2) is 35.1 Å². The summed E-state index contributed by atoms with van der Waals surface area (Å²) in [7, 11) is 1.79. The number of nitrogens with zero attached hydrogens (tertiary/aromatic N) is 4. The van der Waals surface area contributed by atoms with Gasteiger partial charge in [0.25, 0.3) is 0 Å². The van der Waals surface area contributed by atoms with E-state index in [-0.39, 0.29) is 0 Å². The van der Waals surface area contributed by atoms with Gasteiger partial charge in [0.2, 0.25) is 17.8 Å². The normalized spacial score (nSPS) is 10.3. The molecule has 0 unspecified atom stereocenters. The summed E-state index contributed by atoms with van der Waals surface area (Å²) in [5.74, 6) is 1.77. The highest BCUT2D eigenvalue weighted by Gasteiger charge is 2.10. The molecule has 0 spiro atoms. The predicted molar refractivity (Wildman–Crippen MR) is 79.0 cm³/mol. The van der Waals surface area contributed by atoms with Crippen molar-refractivity contribution in [1.29, 1.82) is 0 Å². The summed E-state index contributed by atoms with van der Waals surface area (Å²) in [4.78, 5) is 15.2. The fourth-order valence-electron chi connectivity index (χ4n) is 1.78. The molecule has 0 saturated heterocycles. The highest BCUT2D eigenvalue weighted by Crippen LogP contribution is 2.14. The van der Waals surface area contributed by atoms with E-state index in [1.807, 2.05) is 6.07 Å². The minimum absolute atomic E-state index is 0.549. The summed E-state index contributed by atoms with van der Waals surface area (Å²) < 4.78 is 5.03. The van der Waals surface area contributed by atoms with Crippen LogP contribution < -0.4 is 15.5 Å². The Labute approximate surface area is 118 Å². The zero-order valence-electron chi connectivity index (χ0n) is 12.1. The zero-order valence-corrected chi connectivity index (χ0v) is 12.1. The smallest absolute Gasteiger partial charge is 0.231 e. The maximum atomic E-state index is 5.03. The van der Waals surface area contributed by atoms with E-state index in [0.29, 0.717) is 24.4 Å². The molecule has 2 rings (SSSR count). The molecule has 0 aliphatic rings. The SMILES string of the molecule is CCN(CC)c1nc(NC)nc(NCc2ccoc2)n1. The Morgan fingerprint density at radius 2 is 1.90 bits per heavy atom. The van der Waals surface area contributed by atoms with Crippen LogP contribution in [0, 0.1) is 0 Å². The van der Waals surface area contributed by atoms with Crippen LogP contribution in [0.4, 0.5) is 17.8 Å². The van der Waals surface area contributed by atoms with Gasteiger partial charge in [-0.2, -0.15) is 15.0 Å². The van der Waals surface area contributed by atoms with Crippen molar-refractivity contribution >= 4 is 17.8 Å². The van der Waals surface area contributed by atoms with Gasteiger partial charge in [0.1, 0.15) is 0 Å². The quantitative estimate of drug-likeness (QED) is 0.800. The van der Waals surface area contributed by atoms with Crippen LogP contribution in [0.2, 0.25) is 0 Å². The highest BCUT2D eigenvalue weighted by molar-refractivity contribution is 5.43. The number of hydrogen-bond donors (Lipinski definition) is 2. The van der Waals surface area contributed by atoms with Crippen LogP contribution >= 0.6 is 0 Å². The third-order valence-electron chi connectivity index (χ3n) is 2.92. The maximum absolute atomic E-state index is 5.03. The molecule has 20 heavy (non-hydrogen) atoms. The minimum Gasteiger partial charge on any atom is -0.472 e. The van der Waals surface area contributed by atoms with E-state index >= 15 is 0 Å². The van der Waals surface area contributed by atoms with Gasteiger partial charge < -0.3 is 20.0 Å². The number of aromatic nitrogens is 3. The van der Waals surface area contributed by atoms with Gasteiger partial charge >= 0.3 is 0 Å². The van der Waals surface area contributed by atoms with Crippen LogP contribution in [0.3, 0.4) is 0 Å². The van der Waals surface area contributed by atoms with E-state index in [1.165, 1.54) is 0 Å². The van der Waals surface area contributed by atoms with Crippen LogP contribution in [0.25, 0.3) is 0 Å². The lowest BCUT2D eigenvalue weighted by Crippen LogP contribution is -2.25. The Hall–Kier alpha value is -2.31. The molecule has 0 bridgehead atoms. The van der Waals surface area contributed by atoms with Crippen molar-refractivity contribution in [3.8, 4) is 0 Å². The second kappa shape index (κ2) is 6.74. The lowest BCUT2D eigenvalue weighted by Gasteiger charge is -2.19. The summed E-state index contributed by atoms with van der Waals surface area (Å²) in [5.41, 5.74) is 1.04. The third-order valence-corrected chi connectivity index (χ3v) is 2.92. The molecule has 0 fully saturated rings. The zero-order chi connectivity index (χ0) is 14.4. The molecule has 2 aromatic rings. The van der Waals surface area contributed by atoms with Crippen molar-refractivity contribution in [3.05, 3.63) is 24.2 Å². The first-order chi connectivity index (χ1) is 9.76. The first-order valence-electron chi connectivity index (χ1n) is 6.70. The van der Waals surface area contributed by atoms with Crippen molar-refractivity contribution in [3.63, 3.8) is 0 Å². The van der Waals surface area contributed by atoms with E-state index in [1.54, 1.807) is 19.6 Å². The molecule has 0 aliphatic carbocycles. The molecule has 0 aromatic carbocycles. The predicted octanol–water partition coefficient (Wildman–Crippen LogP) is 1.96. The molecule has 7 nitrogen and oxygen atoms in total. The van der Waals surface area contributed by atoms with Crippen molar-refractivity contribution in [1.82, 2.24) is 15.0 Å².